The molecule has 1 amide bonds. The number of hydrogen-bond acceptors (Lipinski definition) is 5. The summed E-state index contributed by atoms with van der Waals surface area (Å²) >= 11 is 0. The number of hydrogen-bond donors (Lipinski definition) is 2. The van der Waals surface area contributed by atoms with E-state index in [9.17, 15) is 4.79 Å². The van der Waals surface area contributed by atoms with E-state index in [4.69, 9.17) is 4.74 Å². The van der Waals surface area contributed by atoms with Crippen LogP contribution in [0.25, 0.3) is 0 Å². The highest BCUT2D eigenvalue weighted by atomic mass is 16.5. The summed E-state index contributed by atoms with van der Waals surface area (Å²) in [5.41, 5.74) is 3.77. The summed E-state index contributed by atoms with van der Waals surface area (Å²) in [7, 11) is 1.62. The lowest BCUT2D eigenvalue weighted by molar-refractivity contribution is -0.116. The number of nitrogens with zero attached hydrogens (tertiary/aromatic N) is 2. The van der Waals surface area contributed by atoms with Crippen LogP contribution >= 0.6 is 0 Å². The summed E-state index contributed by atoms with van der Waals surface area (Å²) < 4.78 is 5.07. The van der Waals surface area contributed by atoms with E-state index in [2.05, 4.69) is 20.6 Å². The van der Waals surface area contributed by atoms with Gasteiger partial charge in [-0.25, -0.2) is 9.97 Å². The van der Waals surface area contributed by atoms with E-state index >= 15 is 0 Å². The number of methoxy groups -OCH3 is 1. The van der Waals surface area contributed by atoms with Crippen molar-refractivity contribution in [3.8, 4) is 0 Å². The van der Waals surface area contributed by atoms with Crippen LogP contribution in [0.15, 0.2) is 24.3 Å². The highest BCUT2D eigenvalue weighted by Crippen LogP contribution is 2.27. The lowest BCUT2D eigenvalue weighted by Gasteiger charge is -2.18. The fourth-order valence-corrected chi connectivity index (χ4v) is 2.49. The van der Waals surface area contributed by atoms with E-state index in [1.165, 1.54) is 0 Å². The molecular weight excluding hydrogens is 280 g/mol. The molecule has 0 saturated heterocycles. The Morgan fingerprint density at radius 2 is 2.14 bits per heavy atom. The quantitative estimate of drug-likeness (QED) is 0.907. The van der Waals surface area contributed by atoms with Crippen LogP contribution in [0.3, 0.4) is 0 Å². The van der Waals surface area contributed by atoms with Crippen LogP contribution in [0.4, 0.5) is 17.2 Å². The molecule has 114 valence electrons. The van der Waals surface area contributed by atoms with E-state index in [-0.39, 0.29) is 5.91 Å². The molecule has 0 spiro atoms. The molecule has 6 nitrogen and oxygen atoms in total. The number of anilines is 3. The third-order valence-corrected chi connectivity index (χ3v) is 3.45. The monoisotopic (exact) mass is 298 g/mol. The minimum absolute atomic E-state index is 0.0601. The Kier molecular flexibility index (Phi) is 4.02. The number of aromatic nitrogens is 2. The van der Waals surface area contributed by atoms with Gasteiger partial charge in [-0.3, -0.25) is 4.79 Å². The zero-order valence-electron chi connectivity index (χ0n) is 12.6. The Morgan fingerprint density at radius 3 is 2.95 bits per heavy atom. The fraction of sp³-hybridized carbons (Fsp3) is 0.312. The van der Waals surface area contributed by atoms with Gasteiger partial charge < -0.3 is 15.4 Å². The second kappa shape index (κ2) is 6.11. The van der Waals surface area contributed by atoms with Crippen molar-refractivity contribution < 1.29 is 9.53 Å². The van der Waals surface area contributed by atoms with E-state index in [0.29, 0.717) is 24.7 Å². The van der Waals surface area contributed by atoms with E-state index < -0.39 is 0 Å². The molecule has 2 heterocycles. The maximum absolute atomic E-state index is 11.5. The number of benzene rings is 1. The van der Waals surface area contributed by atoms with Crippen molar-refractivity contribution >= 4 is 23.1 Å². The number of rotatable bonds is 4. The second-order valence-electron chi connectivity index (χ2n) is 5.29. The first-order chi connectivity index (χ1) is 10.6. The van der Waals surface area contributed by atoms with Crippen LogP contribution in [0.5, 0.6) is 0 Å². The van der Waals surface area contributed by atoms with Gasteiger partial charge in [-0.05, 0) is 31.0 Å². The van der Waals surface area contributed by atoms with Crippen LogP contribution in [0.1, 0.15) is 23.5 Å². The van der Waals surface area contributed by atoms with Gasteiger partial charge in [-0.1, -0.05) is 6.07 Å². The Morgan fingerprint density at radius 1 is 1.27 bits per heavy atom. The maximum atomic E-state index is 11.5. The van der Waals surface area contributed by atoms with Gasteiger partial charge in [0.05, 0.1) is 0 Å². The zero-order valence-corrected chi connectivity index (χ0v) is 12.6. The lowest BCUT2D eigenvalue weighted by Crippen LogP contribution is -2.18. The van der Waals surface area contributed by atoms with Crippen LogP contribution in [0, 0.1) is 6.92 Å². The third kappa shape index (κ3) is 3.23. The minimum atomic E-state index is 0.0601. The fourth-order valence-electron chi connectivity index (χ4n) is 2.49. The number of ether oxygens (including phenoxy) is 1. The van der Waals surface area contributed by atoms with Crippen molar-refractivity contribution in [1.29, 1.82) is 0 Å². The SMILES string of the molecule is COCc1nc(C)cc(Nc2ccc3c(c2)NC(=O)CC3)n1. The average molecular weight is 298 g/mol. The van der Waals surface area contributed by atoms with Gasteiger partial charge >= 0.3 is 0 Å². The highest BCUT2D eigenvalue weighted by Gasteiger charge is 2.15. The molecule has 0 fully saturated rings. The molecule has 1 aromatic carbocycles. The van der Waals surface area contributed by atoms with Crippen LogP contribution in [-0.2, 0) is 22.6 Å². The first-order valence-corrected chi connectivity index (χ1v) is 7.17. The van der Waals surface area contributed by atoms with Crippen LogP contribution in [0.2, 0.25) is 0 Å². The van der Waals surface area contributed by atoms with E-state index in [1.54, 1.807) is 7.11 Å². The summed E-state index contributed by atoms with van der Waals surface area (Å²) in [6.07, 6.45) is 1.33. The first-order valence-electron chi connectivity index (χ1n) is 7.17. The molecule has 0 atom stereocenters. The predicted molar refractivity (Wildman–Crippen MR) is 84.2 cm³/mol. The van der Waals surface area contributed by atoms with Crippen molar-refractivity contribution in [2.75, 3.05) is 17.7 Å². The van der Waals surface area contributed by atoms with Crippen molar-refractivity contribution in [3.63, 3.8) is 0 Å². The molecule has 0 aliphatic carbocycles. The normalized spacial score (nSPS) is 13.5. The molecule has 1 aliphatic rings. The zero-order chi connectivity index (χ0) is 15.5. The smallest absolute Gasteiger partial charge is 0.224 e. The number of carbonyl (C=O) groups excluding carboxylic acids is 1. The standard InChI is InChI=1S/C16H18N4O2/c1-10-7-14(20-15(17-10)9-22-2)18-12-5-3-11-4-6-16(21)19-13(11)8-12/h3,5,7-8H,4,6,9H2,1-2H3,(H,19,21)(H,17,18,20). The molecule has 0 saturated carbocycles. The largest absolute Gasteiger partial charge is 0.377 e. The summed E-state index contributed by atoms with van der Waals surface area (Å²) in [6, 6.07) is 7.82. The van der Waals surface area contributed by atoms with E-state index in [0.717, 1.165) is 29.1 Å². The minimum Gasteiger partial charge on any atom is -0.377 e. The maximum Gasteiger partial charge on any atom is 0.224 e. The molecule has 2 aromatic rings. The molecule has 0 bridgehead atoms. The predicted octanol–water partition coefficient (Wildman–Crippen LogP) is 2.56. The lowest BCUT2D eigenvalue weighted by atomic mass is 10.0. The van der Waals surface area contributed by atoms with Gasteiger partial charge in [0.1, 0.15) is 12.4 Å². The summed E-state index contributed by atoms with van der Waals surface area (Å²) in [4.78, 5) is 20.2. The topological polar surface area (TPSA) is 76.1 Å². The number of amides is 1. The number of aryl methyl sites for hydroxylation is 2. The summed E-state index contributed by atoms with van der Waals surface area (Å²) in [5, 5.41) is 6.15. The molecule has 1 aromatic heterocycles. The van der Waals surface area contributed by atoms with Gasteiger partial charge in [0.15, 0.2) is 5.82 Å². The molecule has 2 N–H and O–H groups in total. The van der Waals surface area contributed by atoms with Crippen molar-refractivity contribution in [2.24, 2.45) is 0 Å². The third-order valence-electron chi connectivity index (χ3n) is 3.45. The Hall–Kier alpha value is -2.47. The average Bonchev–Trinajstić information content (AvgIpc) is 2.46. The summed E-state index contributed by atoms with van der Waals surface area (Å²) in [6.45, 7) is 2.29. The van der Waals surface area contributed by atoms with E-state index in [1.807, 2.05) is 31.2 Å². The number of carbonyl (C=O) groups is 1. The Balaban J connectivity index is 1.84. The highest BCUT2D eigenvalue weighted by molar-refractivity contribution is 5.94. The Bertz CT molecular complexity index is 715. The first kappa shape index (κ1) is 14.5. The molecule has 22 heavy (non-hydrogen) atoms. The van der Waals surface area contributed by atoms with Gasteiger partial charge in [-0.2, -0.15) is 0 Å². The van der Waals surface area contributed by atoms with Crippen LogP contribution < -0.4 is 10.6 Å². The van der Waals surface area contributed by atoms with Gasteiger partial charge in [0.25, 0.3) is 0 Å². The second-order valence-corrected chi connectivity index (χ2v) is 5.29. The van der Waals surface area contributed by atoms with Gasteiger partial charge in [0.2, 0.25) is 5.91 Å². The number of nitrogens with one attached hydrogen (secondary N) is 2. The van der Waals surface area contributed by atoms with Crippen molar-refractivity contribution in [2.45, 2.75) is 26.4 Å². The van der Waals surface area contributed by atoms with Gasteiger partial charge in [0, 0.05) is 36.7 Å². The van der Waals surface area contributed by atoms with Gasteiger partial charge in [-0.15, -0.1) is 0 Å². The van der Waals surface area contributed by atoms with Crippen LogP contribution in [-0.4, -0.2) is 23.0 Å². The molecule has 1 aliphatic heterocycles. The molecule has 6 heteroatoms. The molecular formula is C16H18N4O2. The van der Waals surface area contributed by atoms with Crippen molar-refractivity contribution in [3.05, 3.63) is 41.3 Å². The molecule has 3 rings (SSSR count). The molecule has 0 radical (unpaired) electrons. The number of fused-ring (bicyclic) bond motifs is 1. The van der Waals surface area contributed by atoms with Crippen molar-refractivity contribution in [1.82, 2.24) is 9.97 Å². The molecule has 0 unspecified atom stereocenters. The summed E-state index contributed by atoms with van der Waals surface area (Å²) in [5.74, 6) is 1.41. The Labute approximate surface area is 128 Å².